The lowest BCUT2D eigenvalue weighted by Gasteiger charge is -2.19. The summed E-state index contributed by atoms with van der Waals surface area (Å²) in [6.45, 7) is 2.76. The molecule has 1 aromatic heterocycles. The number of H-pyrrole nitrogens is 1. The van der Waals surface area contributed by atoms with Gasteiger partial charge >= 0.3 is 0 Å². The van der Waals surface area contributed by atoms with E-state index in [0.717, 1.165) is 37.2 Å². The number of aromatic nitrogens is 2. The van der Waals surface area contributed by atoms with E-state index in [-0.39, 0.29) is 24.0 Å². The minimum Gasteiger partial charge on any atom is -0.370 e. The summed E-state index contributed by atoms with van der Waals surface area (Å²) >= 11 is 0. The molecular formula is C18H26IN5. The number of nitrogens with zero attached hydrogens (tertiary/aromatic N) is 2. The normalized spacial score (nSPS) is 14.0. The molecule has 0 atom stereocenters. The number of guanidine groups is 1. The van der Waals surface area contributed by atoms with Crippen molar-refractivity contribution in [1.29, 1.82) is 0 Å². The number of halogens is 1. The molecule has 130 valence electrons. The number of rotatable bonds is 5. The summed E-state index contributed by atoms with van der Waals surface area (Å²) in [7, 11) is 0. The van der Waals surface area contributed by atoms with E-state index in [4.69, 9.17) is 5.73 Å². The summed E-state index contributed by atoms with van der Waals surface area (Å²) in [4.78, 5) is 4.45. The van der Waals surface area contributed by atoms with Crippen LogP contribution in [-0.2, 0) is 19.3 Å². The van der Waals surface area contributed by atoms with Crippen LogP contribution in [-0.4, -0.2) is 22.7 Å². The Kier molecular flexibility index (Phi) is 7.08. The number of aromatic amines is 1. The highest BCUT2D eigenvalue weighted by atomic mass is 127. The van der Waals surface area contributed by atoms with Crippen molar-refractivity contribution in [2.45, 2.75) is 45.4 Å². The summed E-state index contributed by atoms with van der Waals surface area (Å²) in [5, 5.41) is 10.3. The number of nitrogens with two attached hydrogens (primary N) is 1. The van der Waals surface area contributed by atoms with Crippen molar-refractivity contribution < 1.29 is 0 Å². The van der Waals surface area contributed by atoms with Gasteiger partial charge in [0.2, 0.25) is 0 Å². The molecule has 5 nitrogen and oxygen atoms in total. The zero-order valence-corrected chi connectivity index (χ0v) is 16.5. The van der Waals surface area contributed by atoms with E-state index in [1.54, 1.807) is 0 Å². The molecule has 1 aliphatic rings. The number of hydrogen-bond donors (Lipinski definition) is 3. The van der Waals surface area contributed by atoms with Gasteiger partial charge in [-0.1, -0.05) is 12.1 Å². The first-order valence-corrected chi connectivity index (χ1v) is 8.40. The maximum Gasteiger partial charge on any atom is 0.193 e. The first-order valence-electron chi connectivity index (χ1n) is 8.40. The Labute approximate surface area is 160 Å². The van der Waals surface area contributed by atoms with Gasteiger partial charge in [-0.3, -0.25) is 10.1 Å². The van der Waals surface area contributed by atoms with Gasteiger partial charge in [-0.15, -0.1) is 24.0 Å². The van der Waals surface area contributed by atoms with E-state index in [0.29, 0.717) is 5.96 Å². The van der Waals surface area contributed by atoms with Crippen LogP contribution in [0.15, 0.2) is 29.4 Å². The molecule has 0 bridgehead atoms. The molecule has 0 saturated carbocycles. The van der Waals surface area contributed by atoms with Crippen LogP contribution in [0.25, 0.3) is 0 Å². The predicted molar refractivity (Wildman–Crippen MR) is 110 cm³/mol. The molecule has 0 fully saturated rings. The van der Waals surface area contributed by atoms with Gasteiger partial charge in [0.1, 0.15) is 0 Å². The SMILES string of the molecule is Cc1[nH]ncc1CCCN=C(N)Nc1cccc2c1CCCC2.I. The van der Waals surface area contributed by atoms with Crippen LogP contribution in [0, 0.1) is 6.92 Å². The number of aryl methyl sites for hydroxylation is 3. The maximum absolute atomic E-state index is 6.05. The molecule has 0 saturated heterocycles. The lowest BCUT2D eigenvalue weighted by atomic mass is 9.90. The smallest absolute Gasteiger partial charge is 0.193 e. The molecule has 0 spiro atoms. The summed E-state index contributed by atoms with van der Waals surface area (Å²) in [5.74, 6) is 0.507. The van der Waals surface area contributed by atoms with Crippen molar-refractivity contribution in [3.05, 3.63) is 46.8 Å². The molecule has 24 heavy (non-hydrogen) atoms. The minimum absolute atomic E-state index is 0. The third-order valence-electron chi connectivity index (χ3n) is 4.48. The highest BCUT2D eigenvalue weighted by Crippen LogP contribution is 2.27. The van der Waals surface area contributed by atoms with E-state index in [9.17, 15) is 0 Å². The van der Waals surface area contributed by atoms with Crippen molar-refractivity contribution in [3.8, 4) is 0 Å². The number of nitrogens with one attached hydrogen (secondary N) is 2. The number of anilines is 1. The first-order chi connectivity index (χ1) is 11.2. The molecule has 1 aromatic carbocycles. The Morgan fingerprint density at radius 2 is 2.17 bits per heavy atom. The average molecular weight is 439 g/mol. The Balaban J connectivity index is 0.00000208. The van der Waals surface area contributed by atoms with Crippen molar-refractivity contribution in [2.75, 3.05) is 11.9 Å². The lowest BCUT2D eigenvalue weighted by Crippen LogP contribution is -2.24. The Hall–Kier alpha value is -1.57. The fraction of sp³-hybridized carbons (Fsp3) is 0.444. The second kappa shape index (κ2) is 9.05. The van der Waals surface area contributed by atoms with E-state index >= 15 is 0 Å². The Bertz CT molecular complexity index is 692. The highest BCUT2D eigenvalue weighted by Gasteiger charge is 2.13. The molecule has 1 heterocycles. The number of aliphatic imine (C=N–C) groups is 1. The molecule has 0 aliphatic heterocycles. The predicted octanol–water partition coefficient (Wildman–Crippen LogP) is 3.57. The standard InChI is InChI=1S/C18H25N5.HI/c1-13-15(12-21-23-13)8-5-11-20-18(19)22-17-10-4-7-14-6-2-3-9-16(14)17;/h4,7,10,12H,2-3,5-6,8-9,11H2,1H3,(H,21,23)(H3,19,20,22);1H. The molecule has 0 amide bonds. The fourth-order valence-corrected chi connectivity index (χ4v) is 3.17. The van der Waals surface area contributed by atoms with Gasteiger partial charge in [0.15, 0.2) is 5.96 Å². The second-order valence-corrected chi connectivity index (χ2v) is 6.17. The van der Waals surface area contributed by atoms with Gasteiger partial charge in [-0.05, 0) is 68.2 Å². The highest BCUT2D eigenvalue weighted by molar-refractivity contribution is 14.0. The summed E-state index contributed by atoms with van der Waals surface area (Å²) < 4.78 is 0. The van der Waals surface area contributed by atoms with Gasteiger partial charge in [0, 0.05) is 17.9 Å². The van der Waals surface area contributed by atoms with E-state index in [1.165, 1.54) is 36.0 Å². The van der Waals surface area contributed by atoms with Crippen molar-refractivity contribution >= 4 is 35.6 Å². The second-order valence-electron chi connectivity index (χ2n) is 6.17. The van der Waals surface area contributed by atoms with Crippen molar-refractivity contribution in [1.82, 2.24) is 10.2 Å². The number of benzene rings is 1. The summed E-state index contributed by atoms with van der Waals surface area (Å²) in [5.41, 5.74) is 12.4. The fourth-order valence-electron chi connectivity index (χ4n) is 3.17. The van der Waals surface area contributed by atoms with Crippen LogP contribution in [0.5, 0.6) is 0 Å². The van der Waals surface area contributed by atoms with Gasteiger partial charge in [-0.2, -0.15) is 5.10 Å². The van der Waals surface area contributed by atoms with E-state index in [2.05, 4.69) is 38.7 Å². The van der Waals surface area contributed by atoms with Crippen LogP contribution >= 0.6 is 24.0 Å². The van der Waals surface area contributed by atoms with Crippen LogP contribution in [0.2, 0.25) is 0 Å². The molecule has 0 radical (unpaired) electrons. The van der Waals surface area contributed by atoms with Crippen LogP contribution in [0.1, 0.15) is 41.6 Å². The Morgan fingerprint density at radius 3 is 2.96 bits per heavy atom. The topological polar surface area (TPSA) is 79.1 Å². The maximum atomic E-state index is 6.05. The average Bonchev–Trinajstić information content (AvgIpc) is 2.97. The lowest BCUT2D eigenvalue weighted by molar-refractivity contribution is 0.687. The quantitative estimate of drug-likeness (QED) is 0.289. The number of hydrogen-bond acceptors (Lipinski definition) is 2. The largest absolute Gasteiger partial charge is 0.370 e. The third kappa shape index (κ3) is 4.72. The zero-order valence-electron chi connectivity index (χ0n) is 14.1. The molecule has 1 aliphatic carbocycles. The summed E-state index contributed by atoms with van der Waals surface area (Å²) in [6.07, 6.45) is 8.67. The number of fused-ring (bicyclic) bond motifs is 1. The molecule has 0 unspecified atom stereocenters. The first kappa shape index (κ1) is 18.8. The monoisotopic (exact) mass is 439 g/mol. The molecule has 2 aromatic rings. The Morgan fingerprint density at radius 1 is 1.33 bits per heavy atom. The molecular weight excluding hydrogens is 413 g/mol. The third-order valence-corrected chi connectivity index (χ3v) is 4.48. The van der Waals surface area contributed by atoms with E-state index in [1.807, 2.05) is 13.1 Å². The van der Waals surface area contributed by atoms with Crippen LogP contribution in [0.4, 0.5) is 5.69 Å². The van der Waals surface area contributed by atoms with Gasteiger partial charge in [0.05, 0.1) is 6.20 Å². The van der Waals surface area contributed by atoms with Crippen molar-refractivity contribution in [2.24, 2.45) is 10.7 Å². The summed E-state index contributed by atoms with van der Waals surface area (Å²) in [6, 6.07) is 6.42. The van der Waals surface area contributed by atoms with Gasteiger partial charge in [-0.25, -0.2) is 0 Å². The van der Waals surface area contributed by atoms with Gasteiger partial charge < -0.3 is 11.1 Å². The molecule has 6 heteroatoms. The molecule has 4 N–H and O–H groups in total. The van der Waals surface area contributed by atoms with Gasteiger partial charge in [0.25, 0.3) is 0 Å². The zero-order chi connectivity index (χ0) is 16.1. The van der Waals surface area contributed by atoms with E-state index < -0.39 is 0 Å². The minimum atomic E-state index is 0. The van der Waals surface area contributed by atoms with Crippen molar-refractivity contribution in [3.63, 3.8) is 0 Å². The van der Waals surface area contributed by atoms with Crippen LogP contribution < -0.4 is 11.1 Å². The molecule has 3 rings (SSSR count). The van der Waals surface area contributed by atoms with Crippen LogP contribution in [0.3, 0.4) is 0 Å².